The second kappa shape index (κ2) is 5.52. The van der Waals surface area contributed by atoms with Crippen molar-refractivity contribution in [3.05, 3.63) is 18.1 Å². The highest BCUT2D eigenvalue weighted by Gasteiger charge is 2.13. The number of rotatable bonds is 4. The molecule has 6 nitrogen and oxygen atoms in total. The molecule has 2 aromatic rings. The first-order valence-corrected chi connectivity index (χ1v) is 6.86. The van der Waals surface area contributed by atoms with Gasteiger partial charge in [-0.15, -0.1) is 0 Å². The maximum atomic E-state index is 5.72. The van der Waals surface area contributed by atoms with Crippen molar-refractivity contribution in [2.45, 2.75) is 38.7 Å². The summed E-state index contributed by atoms with van der Waals surface area (Å²) in [7, 11) is 0. The Bertz CT molecular complexity index is 547. The van der Waals surface area contributed by atoms with Gasteiger partial charge in [0.2, 0.25) is 0 Å². The van der Waals surface area contributed by atoms with Crippen LogP contribution >= 0.6 is 0 Å². The molecule has 1 N–H and O–H groups in total. The van der Waals surface area contributed by atoms with E-state index in [1.165, 1.54) is 25.6 Å². The highest BCUT2D eigenvalue weighted by Crippen LogP contribution is 2.16. The van der Waals surface area contributed by atoms with Crippen LogP contribution in [0.5, 0.6) is 0 Å². The fourth-order valence-electron chi connectivity index (χ4n) is 2.45. The molecule has 2 aromatic heterocycles. The van der Waals surface area contributed by atoms with E-state index in [9.17, 15) is 0 Å². The van der Waals surface area contributed by atoms with Crippen LogP contribution in [-0.4, -0.2) is 38.8 Å². The summed E-state index contributed by atoms with van der Waals surface area (Å²) in [4.78, 5) is 8.43. The lowest BCUT2D eigenvalue weighted by atomic mass is 10.1. The van der Waals surface area contributed by atoms with Crippen molar-refractivity contribution < 1.29 is 4.74 Å². The van der Waals surface area contributed by atoms with Crippen molar-refractivity contribution in [1.29, 1.82) is 0 Å². The molecule has 1 saturated heterocycles. The smallest absolute Gasteiger partial charge is 0.254 e. The van der Waals surface area contributed by atoms with E-state index in [2.05, 4.69) is 20.4 Å². The van der Waals surface area contributed by atoms with Crippen LogP contribution in [0.15, 0.2) is 12.4 Å². The first-order valence-electron chi connectivity index (χ1n) is 6.86. The third-order valence-corrected chi connectivity index (χ3v) is 3.43. The molecular weight excluding hydrogens is 242 g/mol. The van der Waals surface area contributed by atoms with Crippen LogP contribution in [0.3, 0.4) is 0 Å². The Kier molecular flexibility index (Phi) is 3.59. The second-order valence-corrected chi connectivity index (χ2v) is 4.96. The lowest BCUT2D eigenvalue weighted by Gasteiger charge is -2.22. The van der Waals surface area contributed by atoms with Crippen molar-refractivity contribution in [3.8, 4) is 0 Å². The molecule has 0 bridgehead atoms. The molecule has 1 fully saturated rings. The van der Waals surface area contributed by atoms with E-state index in [0.29, 0.717) is 11.9 Å². The van der Waals surface area contributed by atoms with Gasteiger partial charge in [0.1, 0.15) is 12.1 Å². The van der Waals surface area contributed by atoms with Gasteiger partial charge >= 0.3 is 0 Å². The molecule has 0 spiro atoms. The Labute approximate surface area is 112 Å². The van der Waals surface area contributed by atoms with Gasteiger partial charge in [0, 0.05) is 24.9 Å². The molecule has 3 rings (SSSR count). The number of anilines is 1. The van der Waals surface area contributed by atoms with Gasteiger partial charge in [-0.2, -0.15) is 14.6 Å². The first-order chi connectivity index (χ1) is 9.33. The van der Waals surface area contributed by atoms with Crippen molar-refractivity contribution in [3.63, 3.8) is 0 Å². The number of aryl methyl sites for hydroxylation is 1. The fourth-order valence-corrected chi connectivity index (χ4v) is 2.45. The predicted molar refractivity (Wildman–Crippen MR) is 72.2 cm³/mol. The Hall–Kier alpha value is -1.69. The van der Waals surface area contributed by atoms with Gasteiger partial charge in [-0.3, -0.25) is 0 Å². The monoisotopic (exact) mass is 261 g/mol. The van der Waals surface area contributed by atoms with Gasteiger partial charge in [0.25, 0.3) is 5.78 Å². The minimum atomic E-state index is 0.399. The number of aromatic nitrogens is 4. The lowest BCUT2D eigenvalue weighted by molar-refractivity contribution is 0.0134. The minimum Gasteiger partial charge on any atom is -0.378 e. The Morgan fingerprint density at radius 1 is 1.47 bits per heavy atom. The highest BCUT2D eigenvalue weighted by atomic mass is 16.5. The zero-order valence-corrected chi connectivity index (χ0v) is 11.2. The van der Waals surface area contributed by atoms with Gasteiger partial charge in [-0.1, -0.05) is 0 Å². The molecule has 19 heavy (non-hydrogen) atoms. The molecule has 6 heteroatoms. The van der Waals surface area contributed by atoms with Crippen LogP contribution in [0.4, 0.5) is 5.82 Å². The normalized spacial score (nSPS) is 19.7. The minimum absolute atomic E-state index is 0.399. The number of fused-ring (bicyclic) bond motifs is 1. The third-order valence-electron chi connectivity index (χ3n) is 3.43. The maximum Gasteiger partial charge on any atom is 0.254 e. The van der Waals surface area contributed by atoms with Crippen LogP contribution < -0.4 is 5.32 Å². The zero-order chi connectivity index (χ0) is 13.1. The van der Waals surface area contributed by atoms with Crippen molar-refractivity contribution in [2.24, 2.45) is 0 Å². The molecule has 0 aromatic carbocycles. The molecule has 0 aliphatic carbocycles. The standard InChI is InChI=1S/C13H19N5O/c1-10-8-12(18-13(17-10)15-9-16-18)14-6-5-11-4-2-3-7-19-11/h8-9,11,14H,2-7H2,1H3. The number of ether oxygens (including phenoxy) is 1. The number of hydrogen-bond donors (Lipinski definition) is 1. The average molecular weight is 261 g/mol. The molecule has 1 unspecified atom stereocenters. The van der Waals surface area contributed by atoms with E-state index in [-0.39, 0.29) is 0 Å². The summed E-state index contributed by atoms with van der Waals surface area (Å²) in [6, 6.07) is 1.99. The Balaban J connectivity index is 1.63. The van der Waals surface area contributed by atoms with E-state index in [1.54, 1.807) is 4.52 Å². The van der Waals surface area contributed by atoms with E-state index in [4.69, 9.17) is 4.74 Å². The highest BCUT2D eigenvalue weighted by molar-refractivity contribution is 5.44. The molecule has 1 aliphatic heterocycles. The second-order valence-electron chi connectivity index (χ2n) is 4.96. The summed E-state index contributed by atoms with van der Waals surface area (Å²) in [5, 5.41) is 7.58. The summed E-state index contributed by atoms with van der Waals surface area (Å²) >= 11 is 0. The van der Waals surface area contributed by atoms with Crippen molar-refractivity contribution in [2.75, 3.05) is 18.5 Å². The van der Waals surface area contributed by atoms with Crippen LogP contribution in [-0.2, 0) is 4.74 Å². The maximum absolute atomic E-state index is 5.72. The summed E-state index contributed by atoms with van der Waals surface area (Å²) in [6.45, 7) is 3.75. The fraction of sp³-hybridized carbons (Fsp3) is 0.615. The van der Waals surface area contributed by atoms with Crippen molar-refractivity contribution in [1.82, 2.24) is 19.6 Å². The summed E-state index contributed by atoms with van der Waals surface area (Å²) in [5.41, 5.74) is 0.942. The Morgan fingerprint density at radius 3 is 3.26 bits per heavy atom. The molecule has 0 amide bonds. The number of nitrogens with one attached hydrogen (secondary N) is 1. The molecule has 3 heterocycles. The molecule has 0 saturated carbocycles. The average Bonchev–Trinajstić information content (AvgIpc) is 2.88. The third kappa shape index (κ3) is 2.84. The number of hydrogen-bond acceptors (Lipinski definition) is 5. The van der Waals surface area contributed by atoms with Crippen molar-refractivity contribution >= 4 is 11.6 Å². The van der Waals surface area contributed by atoms with E-state index in [0.717, 1.165) is 31.1 Å². The van der Waals surface area contributed by atoms with Gasteiger partial charge in [-0.05, 0) is 32.6 Å². The SMILES string of the molecule is Cc1cc(NCCC2CCCCO2)n2ncnc2n1. The van der Waals surface area contributed by atoms with E-state index < -0.39 is 0 Å². The van der Waals surface area contributed by atoms with Gasteiger partial charge in [0.05, 0.1) is 6.10 Å². The molecule has 1 atom stereocenters. The van der Waals surface area contributed by atoms with E-state index in [1.807, 2.05) is 13.0 Å². The molecule has 0 radical (unpaired) electrons. The first kappa shape index (κ1) is 12.3. The summed E-state index contributed by atoms with van der Waals surface area (Å²) < 4.78 is 7.46. The summed E-state index contributed by atoms with van der Waals surface area (Å²) in [5.74, 6) is 1.58. The molecular formula is C13H19N5O. The van der Waals surface area contributed by atoms with Crippen LogP contribution in [0.1, 0.15) is 31.4 Å². The van der Waals surface area contributed by atoms with Gasteiger partial charge in [0.15, 0.2) is 0 Å². The molecule has 1 aliphatic rings. The molecule has 102 valence electrons. The van der Waals surface area contributed by atoms with Crippen LogP contribution in [0, 0.1) is 6.92 Å². The quantitative estimate of drug-likeness (QED) is 0.909. The van der Waals surface area contributed by atoms with Crippen LogP contribution in [0.2, 0.25) is 0 Å². The van der Waals surface area contributed by atoms with E-state index >= 15 is 0 Å². The lowest BCUT2D eigenvalue weighted by Crippen LogP contribution is -2.22. The van der Waals surface area contributed by atoms with Gasteiger partial charge in [-0.25, -0.2) is 4.98 Å². The topological polar surface area (TPSA) is 64.3 Å². The Morgan fingerprint density at radius 2 is 2.42 bits per heavy atom. The van der Waals surface area contributed by atoms with Crippen LogP contribution in [0.25, 0.3) is 5.78 Å². The van der Waals surface area contributed by atoms with Gasteiger partial charge < -0.3 is 10.1 Å². The summed E-state index contributed by atoms with van der Waals surface area (Å²) in [6.07, 6.45) is 6.61. The largest absolute Gasteiger partial charge is 0.378 e. The number of nitrogens with zero attached hydrogens (tertiary/aromatic N) is 4. The predicted octanol–water partition coefficient (Wildman–Crippen LogP) is 1.80. The zero-order valence-electron chi connectivity index (χ0n) is 11.2.